The normalized spacial score (nSPS) is 17.8. The van der Waals surface area contributed by atoms with Gasteiger partial charge in [0.05, 0.1) is 12.3 Å². The van der Waals surface area contributed by atoms with Gasteiger partial charge in [0, 0.05) is 18.7 Å². The van der Waals surface area contributed by atoms with E-state index in [4.69, 9.17) is 4.74 Å². The number of hydrogen-bond donors (Lipinski definition) is 1. The zero-order valence-electron chi connectivity index (χ0n) is 15.9. The van der Waals surface area contributed by atoms with E-state index in [1.54, 1.807) is 4.90 Å². The van der Waals surface area contributed by atoms with Crippen LogP contribution in [0.2, 0.25) is 0 Å². The topological polar surface area (TPSA) is 71.0 Å². The van der Waals surface area contributed by atoms with Crippen molar-refractivity contribution in [2.75, 3.05) is 18.5 Å². The Labute approximate surface area is 169 Å². The SMILES string of the molecule is CCOc1ccc(N=C2S[C@@H](CC(=O)Nc3ccccc3)C(=O)N2CC)cc1. The number of nitrogens with one attached hydrogen (secondary N) is 1. The van der Waals surface area contributed by atoms with Gasteiger partial charge in [-0.2, -0.15) is 0 Å². The Morgan fingerprint density at radius 3 is 2.50 bits per heavy atom. The molecule has 2 amide bonds. The first-order valence-electron chi connectivity index (χ1n) is 9.25. The van der Waals surface area contributed by atoms with Gasteiger partial charge in [-0.1, -0.05) is 30.0 Å². The number of para-hydroxylation sites is 1. The van der Waals surface area contributed by atoms with Crippen LogP contribution in [0, 0.1) is 0 Å². The summed E-state index contributed by atoms with van der Waals surface area (Å²) in [5.41, 5.74) is 1.46. The second-order valence-corrected chi connectivity index (χ2v) is 7.30. The van der Waals surface area contributed by atoms with Gasteiger partial charge in [-0.3, -0.25) is 14.5 Å². The second kappa shape index (κ2) is 9.41. The van der Waals surface area contributed by atoms with Gasteiger partial charge < -0.3 is 10.1 Å². The lowest BCUT2D eigenvalue weighted by atomic mass is 10.2. The molecule has 2 aromatic rings. The molecule has 0 saturated carbocycles. The standard InChI is InChI=1S/C21H23N3O3S/c1-3-24-20(26)18(14-19(25)22-15-8-6-5-7-9-15)28-21(24)23-16-10-12-17(13-11-16)27-4-2/h5-13,18H,3-4,14H2,1-2H3,(H,22,25)/t18-/m0/s1. The van der Waals surface area contributed by atoms with E-state index in [1.165, 1.54) is 11.8 Å². The minimum Gasteiger partial charge on any atom is -0.494 e. The van der Waals surface area contributed by atoms with Crippen molar-refractivity contribution in [2.45, 2.75) is 25.5 Å². The van der Waals surface area contributed by atoms with Gasteiger partial charge in [0.1, 0.15) is 11.0 Å². The third-order valence-corrected chi connectivity index (χ3v) is 5.31. The molecule has 1 saturated heterocycles. The Morgan fingerprint density at radius 1 is 1.14 bits per heavy atom. The molecule has 0 bridgehead atoms. The number of nitrogens with zero attached hydrogens (tertiary/aromatic N) is 2. The maximum absolute atomic E-state index is 12.7. The molecule has 0 aliphatic carbocycles. The lowest BCUT2D eigenvalue weighted by Crippen LogP contribution is -2.33. The lowest BCUT2D eigenvalue weighted by Gasteiger charge is -2.13. The minimum atomic E-state index is -0.467. The van der Waals surface area contributed by atoms with Crippen LogP contribution in [0.3, 0.4) is 0 Å². The summed E-state index contributed by atoms with van der Waals surface area (Å²) in [6, 6.07) is 16.6. The summed E-state index contributed by atoms with van der Waals surface area (Å²) in [5, 5.41) is 2.98. The Bertz CT molecular complexity index is 853. The monoisotopic (exact) mass is 397 g/mol. The van der Waals surface area contributed by atoms with E-state index < -0.39 is 5.25 Å². The first-order chi connectivity index (χ1) is 13.6. The van der Waals surface area contributed by atoms with Crippen molar-refractivity contribution in [2.24, 2.45) is 4.99 Å². The van der Waals surface area contributed by atoms with Crippen LogP contribution >= 0.6 is 11.8 Å². The Morgan fingerprint density at radius 2 is 1.86 bits per heavy atom. The van der Waals surface area contributed by atoms with Crippen molar-refractivity contribution in [1.29, 1.82) is 0 Å². The molecule has 1 aliphatic rings. The van der Waals surface area contributed by atoms with E-state index in [0.29, 0.717) is 18.3 Å². The summed E-state index contributed by atoms with van der Waals surface area (Å²) in [5.74, 6) is 0.514. The van der Waals surface area contributed by atoms with E-state index >= 15 is 0 Å². The molecule has 3 rings (SSSR count). The third kappa shape index (κ3) is 4.92. The Balaban J connectivity index is 1.68. The average Bonchev–Trinajstić information content (AvgIpc) is 2.98. The molecular weight excluding hydrogens is 374 g/mol. The molecule has 146 valence electrons. The van der Waals surface area contributed by atoms with Crippen molar-refractivity contribution in [1.82, 2.24) is 4.90 Å². The average molecular weight is 398 g/mol. The van der Waals surface area contributed by atoms with Gasteiger partial charge in [-0.25, -0.2) is 4.99 Å². The van der Waals surface area contributed by atoms with Crippen molar-refractivity contribution < 1.29 is 14.3 Å². The predicted molar refractivity (Wildman–Crippen MR) is 113 cm³/mol. The van der Waals surface area contributed by atoms with Crippen LogP contribution in [0.4, 0.5) is 11.4 Å². The third-order valence-electron chi connectivity index (χ3n) is 4.14. The van der Waals surface area contributed by atoms with Crippen molar-refractivity contribution in [3.8, 4) is 5.75 Å². The van der Waals surface area contributed by atoms with Crippen LogP contribution in [-0.4, -0.2) is 40.3 Å². The van der Waals surface area contributed by atoms with E-state index in [0.717, 1.165) is 17.1 Å². The van der Waals surface area contributed by atoms with Gasteiger partial charge in [0.15, 0.2) is 5.17 Å². The number of rotatable bonds is 7. The highest BCUT2D eigenvalue weighted by Crippen LogP contribution is 2.32. The fourth-order valence-corrected chi connectivity index (χ4v) is 4.03. The molecule has 1 N–H and O–H groups in total. The molecule has 2 aromatic carbocycles. The summed E-state index contributed by atoms with van der Waals surface area (Å²) in [7, 11) is 0. The molecular formula is C21H23N3O3S. The first kappa shape index (κ1) is 19.9. The zero-order valence-corrected chi connectivity index (χ0v) is 16.7. The minimum absolute atomic E-state index is 0.0830. The summed E-state index contributed by atoms with van der Waals surface area (Å²) in [6.07, 6.45) is 0.108. The molecule has 7 heteroatoms. The zero-order chi connectivity index (χ0) is 19.9. The quantitative estimate of drug-likeness (QED) is 0.765. The Kier molecular flexibility index (Phi) is 6.71. The van der Waals surface area contributed by atoms with Gasteiger partial charge in [-0.15, -0.1) is 0 Å². The molecule has 28 heavy (non-hydrogen) atoms. The number of aliphatic imine (C=N–C) groups is 1. The molecule has 1 heterocycles. The molecule has 6 nitrogen and oxygen atoms in total. The number of amides is 2. The summed E-state index contributed by atoms with van der Waals surface area (Å²) in [6.45, 7) is 4.95. The largest absolute Gasteiger partial charge is 0.494 e. The highest BCUT2D eigenvalue weighted by molar-refractivity contribution is 8.15. The van der Waals surface area contributed by atoms with Crippen LogP contribution in [0.15, 0.2) is 59.6 Å². The first-order valence-corrected chi connectivity index (χ1v) is 10.1. The smallest absolute Gasteiger partial charge is 0.242 e. The number of ether oxygens (including phenoxy) is 1. The molecule has 0 aromatic heterocycles. The van der Waals surface area contributed by atoms with E-state index in [-0.39, 0.29) is 18.2 Å². The van der Waals surface area contributed by atoms with E-state index in [2.05, 4.69) is 10.3 Å². The number of thioether (sulfide) groups is 1. The summed E-state index contributed by atoms with van der Waals surface area (Å²) < 4.78 is 5.44. The summed E-state index contributed by atoms with van der Waals surface area (Å²) in [4.78, 5) is 31.2. The van der Waals surface area contributed by atoms with Crippen LogP contribution in [0.1, 0.15) is 20.3 Å². The maximum Gasteiger partial charge on any atom is 0.242 e. The molecule has 0 spiro atoms. The van der Waals surface area contributed by atoms with Crippen molar-refractivity contribution in [3.05, 3.63) is 54.6 Å². The van der Waals surface area contributed by atoms with Gasteiger partial charge in [-0.05, 0) is 50.2 Å². The number of carbonyl (C=O) groups excluding carboxylic acids is 2. The van der Waals surface area contributed by atoms with Crippen LogP contribution in [0.25, 0.3) is 0 Å². The predicted octanol–water partition coefficient (Wildman–Crippen LogP) is 4.07. The second-order valence-electron chi connectivity index (χ2n) is 6.13. The number of hydrogen-bond acceptors (Lipinski definition) is 5. The number of anilines is 1. The highest BCUT2D eigenvalue weighted by atomic mass is 32.2. The number of carbonyl (C=O) groups is 2. The van der Waals surface area contributed by atoms with Gasteiger partial charge in [0.2, 0.25) is 11.8 Å². The molecule has 1 atom stereocenters. The maximum atomic E-state index is 12.7. The lowest BCUT2D eigenvalue weighted by molar-refractivity contribution is -0.128. The van der Waals surface area contributed by atoms with Crippen molar-refractivity contribution in [3.63, 3.8) is 0 Å². The van der Waals surface area contributed by atoms with Crippen LogP contribution in [0.5, 0.6) is 5.75 Å². The van der Waals surface area contributed by atoms with Gasteiger partial charge in [0.25, 0.3) is 0 Å². The fraction of sp³-hybridized carbons (Fsp3) is 0.286. The molecule has 1 fully saturated rings. The van der Waals surface area contributed by atoms with Crippen LogP contribution in [-0.2, 0) is 9.59 Å². The number of benzene rings is 2. The number of amidine groups is 1. The van der Waals surface area contributed by atoms with Crippen LogP contribution < -0.4 is 10.1 Å². The molecule has 1 aliphatic heterocycles. The van der Waals surface area contributed by atoms with Gasteiger partial charge >= 0.3 is 0 Å². The highest BCUT2D eigenvalue weighted by Gasteiger charge is 2.38. The van der Waals surface area contributed by atoms with Crippen molar-refractivity contribution >= 4 is 40.1 Å². The Hall–Kier alpha value is -2.80. The molecule has 0 unspecified atom stereocenters. The van der Waals surface area contributed by atoms with E-state index in [9.17, 15) is 9.59 Å². The fourth-order valence-electron chi connectivity index (χ4n) is 2.81. The summed E-state index contributed by atoms with van der Waals surface area (Å²) >= 11 is 1.33. The molecule has 0 radical (unpaired) electrons. The van der Waals surface area contributed by atoms with E-state index in [1.807, 2.05) is 68.4 Å².